The van der Waals surface area contributed by atoms with E-state index in [-0.39, 0.29) is 17.9 Å². The SMILES string of the molecule is CC[C@@H](C)NC(=O)[C@H]1CCCN(c2nc3ccccc3n2CCC(C)C)C1. The summed E-state index contributed by atoms with van der Waals surface area (Å²) in [6, 6.07) is 8.61. The maximum absolute atomic E-state index is 12.7. The van der Waals surface area contributed by atoms with Crippen LogP contribution in [0, 0.1) is 11.8 Å². The molecule has 5 heteroatoms. The van der Waals surface area contributed by atoms with E-state index in [1.54, 1.807) is 0 Å². The number of hydrogen-bond donors (Lipinski definition) is 1. The van der Waals surface area contributed by atoms with Crippen molar-refractivity contribution in [3.05, 3.63) is 24.3 Å². The van der Waals surface area contributed by atoms with E-state index in [0.29, 0.717) is 5.92 Å². The molecule has 0 unspecified atom stereocenters. The maximum Gasteiger partial charge on any atom is 0.225 e. The van der Waals surface area contributed by atoms with Gasteiger partial charge < -0.3 is 14.8 Å². The number of anilines is 1. The lowest BCUT2D eigenvalue weighted by Gasteiger charge is -2.33. The number of carbonyl (C=O) groups is 1. The summed E-state index contributed by atoms with van der Waals surface area (Å²) in [4.78, 5) is 19.9. The number of imidazole rings is 1. The highest BCUT2D eigenvalue weighted by Gasteiger charge is 2.29. The topological polar surface area (TPSA) is 50.2 Å². The number of amides is 1. The van der Waals surface area contributed by atoms with Crippen molar-refractivity contribution in [3.8, 4) is 0 Å². The average molecular weight is 371 g/mol. The highest BCUT2D eigenvalue weighted by molar-refractivity contribution is 5.81. The first-order chi connectivity index (χ1) is 13.0. The number of nitrogens with zero attached hydrogens (tertiary/aromatic N) is 3. The van der Waals surface area contributed by atoms with E-state index in [4.69, 9.17) is 4.98 Å². The summed E-state index contributed by atoms with van der Waals surface area (Å²) < 4.78 is 2.35. The smallest absolute Gasteiger partial charge is 0.225 e. The van der Waals surface area contributed by atoms with Gasteiger partial charge in [-0.2, -0.15) is 0 Å². The molecule has 2 heterocycles. The molecule has 0 saturated carbocycles. The van der Waals surface area contributed by atoms with Crippen molar-refractivity contribution in [2.24, 2.45) is 11.8 Å². The van der Waals surface area contributed by atoms with E-state index >= 15 is 0 Å². The normalized spacial score (nSPS) is 18.9. The van der Waals surface area contributed by atoms with Crippen molar-refractivity contribution >= 4 is 22.9 Å². The van der Waals surface area contributed by atoms with Gasteiger partial charge in [0, 0.05) is 25.7 Å². The molecule has 2 aromatic rings. The minimum absolute atomic E-state index is 0.0473. The Hall–Kier alpha value is -2.04. The van der Waals surface area contributed by atoms with E-state index < -0.39 is 0 Å². The van der Waals surface area contributed by atoms with Crippen LogP contribution in [0.5, 0.6) is 0 Å². The molecule has 1 saturated heterocycles. The Morgan fingerprint density at radius 3 is 2.81 bits per heavy atom. The fraction of sp³-hybridized carbons (Fsp3) is 0.636. The number of fused-ring (bicyclic) bond motifs is 1. The number of para-hydroxylation sites is 2. The molecule has 0 spiro atoms. The van der Waals surface area contributed by atoms with Gasteiger partial charge >= 0.3 is 0 Å². The molecule has 0 bridgehead atoms. The van der Waals surface area contributed by atoms with Gasteiger partial charge in [-0.1, -0.05) is 32.9 Å². The molecule has 1 amide bonds. The molecule has 1 aliphatic heterocycles. The highest BCUT2D eigenvalue weighted by Crippen LogP contribution is 2.28. The minimum Gasteiger partial charge on any atom is -0.353 e. The predicted molar refractivity (Wildman–Crippen MR) is 112 cm³/mol. The minimum atomic E-state index is 0.0473. The molecule has 1 fully saturated rings. The fourth-order valence-corrected chi connectivity index (χ4v) is 3.75. The van der Waals surface area contributed by atoms with Gasteiger partial charge in [0.1, 0.15) is 0 Å². The van der Waals surface area contributed by atoms with Crippen LogP contribution < -0.4 is 10.2 Å². The average Bonchev–Trinajstić information content (AvgIpc) is 3.05. The predicted octanol–water partition coefficient (Wildman–Crippen LogP) is 4.21. The Labute approximate surface area is 163 Å². The molecule has 0 radical (unpaired) electrons. The third-order valence-electron chi connectivity index (χ3n) is 5.64. The number of rotatable bonds is 7. The van der Waals surface area contributed by atoms with E-state index in [2.05, 4.69) is 60.7 Å². The first-order valence-corrected chi connectivity index (χ1v) is 10.5. The van der Waals surface area contributed by atoms with Gasteiger partial charge in [0.05, 0.1) is 17.0 Å². The van der Waals surface area contributed by atoms with Gasteiger partial charge in [0.15, 0.2) is 0 Å². The van der Waals surface area contributed by atoms with Crippen LogP contribution in [0.3, 0.4) is 0 Å². The molecule has 27 heavy (non-hydrogen) atoms. The molecule has 2 atom stereocenters. The monoisotopic (exact) mass is 370 g/mol. The quantitative estimate of drug-likeness (QED) is 0.794. The van der Waals surface area contributed by atoms with Crippen LogP contribution in [0.2, 0.25) is 0 Å². The summed E-state index contributed by atoms with van der Waals surface area (Å²) in [7, 11) is 0. The van der Waals surface area contributed by atoms with E-state index in [1.807, 2.05) is 6.07 Å². The summed E-state index contributed by atoms with van der Waals surface area (Å²) in [6.45, 7) is 11.4. The Balaban J connectivity index is 1.83. The van der Waals surface area contributed by atoms with Gasteiger partial charge in [-0.25, -0.2) is 4.98 Å². The Morgan fingerprint density at radius 2 is 2.07 bits per heavy atom. The van der Waals surface area contributed by atoms with Gasteiger partial charge in [-0.05, 0) is 50.7 Å². The van der Waals surface area contributed by atoms with Crippen molar-refractivity contribution in [2.45, 2.75) is 66.0 Å². The zero-order valence-electron chi connectivity index (χ0n) is 17.2. The zero-order chi connectivity index (χ0) is 19.4. The standard InChI is InChI=1S/C22H34N4O/c1-5-17(4)23-21(27)18-9-8-13-25(15-18)22-24-19-10-6-7-11-20(19)26(22)14-12-16(2)3/h6-7,10-11,16-18H,5,8-9,12-15H2,1-4H3,(H,23,27)/t17-,18+/m1/s1. The zero-order valence-corrected chi connectivity index (χ0v) is 17.2. The second-order valence-electron chi connectivity index (χ2n) is 8.34. The van der Waals surface area contributed by atoms with Crippen molar-refractivity contribution in [3.63, 3.8) is 0 Å². The lowest BCUT2D eigenvalue weighted by atomic mass is 9.97. The second-order valence-corrected chi connectivity index (χ2v) is 8.34. The van der Waals surface area contributed by atoms with Crippen LogP contribution in [0.4, 0.5) is 5.95 Å². The van der Waals surface area contributed by atoms with Crippen molar-refractivity contribution in [1.82, 2.24) is 14.9 Å². The third kappa shape index (κ3) is 4.63. The van der Waals surface area contributed by atoms with Gasteiger partial charge in [-0.3, -0.25) is 4.79 Å². The summed E-state index contributed by atoms with van der Waals surface area (Å²) >= 11 is 0. The number of aryl methyl sites for hydroxylation is 1. The van der Waals surface area contributed by atoms with E-state index in [0.717, 1.165) is 56.8 Å². The van der Waals surface area contributed by atoms with Gasteiger partial charge in [0.2, 0.25) is 11.9 Å². The number of piperidine rings is 1. The highest BCUT2D eigenvalue weighted by atomic mass is 16.2. The maximum atomic E-state index is 12.7. The molecule has 3 rings (SSSR count). The number of aromatic nitrogens is 2. The molecule has 5 nitrogen and oxygen atoms in total. The Kier molecular flexibility index (Phi) is 6.40. The van der Waals surface area contributed by atoms with Crippen LogP contribution in [-0.2, 0) is 11.3 Å². The lowest BCUT2D eigenvalue weighted by molar-refractivity contribution is -0.125. The summed E-state index contributed by atoms with van der Waals surface area (Å²) in [5, 5.41) is 3.16. The molecule has 1 aliphatic rings. The van der Waals surface area contributed by atoms with Gasteiger partial charge in [0.25, 0.3) is 0 Å². The molecule has 1 N–H and O–H groups in total. The summed E-state index contributed by atoms with van der Waals surface area (Å²) in [6.07, 6.45) is 4.09. The third-order valence-corrected chi connectivity index (χ3v) is 5.64. The van der Waals surface area contributed by atoms with Crippen molar-refractivity contribution in [1.29, 1.82) is 0 Å². The summed E-state index contributed by atoms with van der Waals surface area (Å²) in [5.74, 6) is 1.91. The largest absolute Gasteiger partial charge is 0.353 e. The Morgan fingerprint density at radius 1 is 1.30 bits per heavy atom. The number of nitrogens with one attached hydrogen (secondary N) is 1. The summed E-state index contributed by atoms with van der Waals surface area (Å²) in [5.41, 5.74) is 2.24. The van der Waals surface area contributed by atoms with Crippen LogP contribution >= 0.6 is 0 Å². The Bertz CT molecular complexity index is 767. The lowest BCUT2D eigenvalue weighted by Crippen LogP contribution is -2.46. The number of carbonyl (C=O) groups excluding carboxylic acids is 1. The van der Waals surface area contributed by atoms with Crippen LogP contribution in [0.25, 0.3) is 11.0 Å². The van der Waals surface area contributed by atoms with Crippen LogP contribution in [0.15, 0.2) is 24.3 Å². The first-order valence-electron chi connectivity index (χ1n) is 10.5. The van der Waals surface area contributed by atoms with Crippen LogP contribution in [0.1, 0.15) is 53.4 Å². The molecular weight excluding hydrogens is 336 g/mol. The molecule has 0 aliphatic carbocycles. The second kappa shape index (κ2) is 8.77. The number of hydrogen-bond acceptors (Lipinski definition) is 3. The molecule has 148 valence electrons. The van der Waals surface area contributed by atoms with Gasteiger partial charge in [-0.15, -0.1) is 0 Å². The molecule has 1 aromatic carbocycles. The van der Waals surface area contributed by atoms with Crippen LogP contribution in [-0.4, -0.2) is 34.6 Å². The number of benzene rings is 1. The van der Waals surface area contributed by atoms with Crippen molar-refractivity contribution < 1.29 is 4.79 Å². The van der Waals surface area contributed by atoms with E-state index in [9.17, 15) is 4.79 Å². The first kappa shape index (κ1) is 19.7. The fourth-order valence-electron chi connectivity index (χ4n) is 3.75. The molecule has 1 aromatic heterocycles. The van der Waals surface area contributed by atoms with E-state index in [1.165, 1.54) is 5.52 Å². The van der Waals surface area contributed by atoms with Crippen molar-refractivity contribution in [2.75, 3.05) is 18.0 Å². The molecular formula is C22H34N4O.